The second-order valence-electron chi connectivity index (χ2n) is 5.41. The van der Waals surface area contributed by atoms with Gasteiger partial charge in [0.25, 0.3) is 5.91 Å². The first-order valence-electron chi connectivity index (χ1n) is 6.72. The molecule has 0 aliphatic heterocycles. The van der Waals surface area contributed by atoms with Crippen LogP contribution in [-0.2, 0) is 0 Å². The van der Waals surface area contributed by atoms with Gasteiger partial charge in [0.15, 0.2) is 0 Å². The molecule has 1 fully saturated rings. The van der Waals surface area contributed by atoms with Crippen LogP contribution in [0, 0.1) is 5.92 Å². The fourth-order valence-electron chi connectivity index (χ4n) is 2.09. The number of amides is 1. The van der Waals surface area contributed by atoms with Crippen molar-refractivity contribution >= 4 is 5.91 Å². The van der Waals surface area contributed by atoms with Crippen molar-refractivity contribution in [1.29, 1.82) is 0 Å². The van der Waals surface area contributed by atoms with Crippen LogP contribution in [-0.4, -0.2) is 28.2 Å². The van der Waals surface area contributed by atoms with Gasteiger partial charge >= 0.3 is 0 Å². The highest BCUT2D eigenvalue weighted by atomic mass is 16.3. The zero-order chi connectivity index (χ0) is 13.1. The molecule has 18 heavy (non-hydrogen) atoms. The van der Waals surface area contributed by atoms with Crippen LogP contribution >= 0.6 is 0 Å². The summed E-state index contributed by atoms with van der Waals surface area (Å²) >= 11 is 0. The van der Waals surface area contributed by atoms with Gasteiger partial charge in [0.2, 0.25) is 0 Å². The van der Waals surface area contributed by atoms with Gasteiger partial charge in [-0.25, -0.2) is 0 Å². The van der Waals surface area contributed by atoms with Gasteiger partial charge in [-0.15, -0.1) is 0 Å². The Balaban J connectivity index is 1.94. The molecule has 1 aromatic rings. The molecule has 0 bridgehead atoms. The highest BCUT2D eigenvalue weighted by Gasteiger charge is 2.23. The van der Waals surface area contributed by atoms with E-state index in [1.54, 1.807) is 0 Å². The van der Waals surface area contributed by atoms with Gasteiger partial charge in [-0.1, -0.05) is 13.8 Å². The molecule has 1 amide bonds. The first-order chi connectivity index (χ1) is 8.59. The van der Waals surface area contributed by atoms with Crippen molar-refractivity contribution < 1.29 is 9.90 Å². The molecule has 1 aromatic heterocycles. The third-order valence-electron chi connectivity index (χ3n) is 3.72. The maximum absolute atomic E-state index is 12.1. The third kappa shape index (κ3) is 2.75. The molecule has 1 atom stereocenters. The molecule has 1 unspecified atom stereocenters. The molecule has 2 rings (SSSR count). The number of hydrogen-bond donors (Lipinski definition) is 2. The number of aromatic nitrogens is 1. The van der Waals surface area contributed by atoms with Crippen molar-refractivity contribution in [3.8, 4) is 0 Å². The summed E-state index contributed by atoms with van der Waals surface area (Å²) in [6.45, 7) is 4.19. The quantitative estimate of drug-likeness (QED) is 0.839. The average molecular weight is 250 g/mol. The number of nitrogens with one attached hydrogen (secondary N) is 1. The van der Waals surface area contributed by atoms with Gasteiger partial charge in [0.1, 0.15) is 5.69 Å². The molecule has 0 spiro atoms. The summed E-state index contributed by atoms with van der Waals surface area (Å²) in [5, 5.41) is 12.5. The molecule has 1 aliphatic rings. The number of hydrogen-bond acceptors (Lipinski definition) is 2. The molecule has 4 nitrogen and oxygen atoms in total. The van der Waals surface area contributed by atoms with Crippen LogP contribution in [0.4, 0.5) is 0 Å². The SMILES string of the molecule is CC(C)C(O)CNC(=O)c1cccn1C1CCC1. The van der Waals surface area contributed by atoms with Crippen molar-refractivity contribution in [2.24, 2.45) is 5.92 Å². The average Bonchev–Trinajstić information content (AvgIpc) is 2.71. The molecule has 1 heterocycles. The zero-order valence-electron chi connectivity index (χ0n) is 11.1. The van der Waals surface area contributed by atoms with Crippen LogP contribution in [0.3, 0.4) is 0 Å². The Morgan fingerprint density at radius 2 is 2.28 bits per heavy atom. The summed E-state index contributed by atoms with van der Waals surface area (Å²) in [6, 6.07) is 4.23. The van der Waals surface area contributed by atoms with E-state index in [1.165, 1.54) is 6.42 Å². The van der Waals surface area contributed by atoms with Crippen LogP contribution in [0.15, 0.2) is 18.3 Å². The monoisotopic (exact) mass is 250 g/mol. The van der Waals surface area contributed by atoms with Crippen LogP contribution in [0.2, 0.25) is 0 Å². The van der Waals surface area contributed by atoms with E-state index >= 15 is 0 Å². The smallest absolute Gasteiger partial charge is 0.268 e. The number of carbonyl (C=O) groups excluding carboxylic acids is 1. The van der Waals surface area contributed by atoms with Gasteiger partial charge in [0.05, 0.1) is 6.10 Å². The number of carbonyl (C=O) groups is 1. The van der Waals surface area contributed by atoms with Crippen LogP contribution in [0.25, 0.3) is 0 Å². The van der Waals surface area contributed by atoms with E-state index in [0.29, 0.717) is 18.3 Å². The predicted molar refractivity (Wildman–Crippen MR) is 70.5 cm³/mol. The molecule has 0 saturated heterocycles. The second kappa shape index (κ2) is 5.57. The van der Waals surface area contributed by atoms with E-state index in [4.69, 9.17) is 0 Å². The molecule has 2 N–H and O–H groups in total. The molecule has 0 radical (unpaired) electrons. The third-order valence-corrected chi connectivity index (χ3v) is 3.72. The highest BCUT2D eigenvalue weighted by molar-refractivity contribution is 5.92. The second-order valence-corrected chi connectivity index (χ2v) is 5.41. The Labute approximate surface area is 108 Å². The van der Waals surface area contributed by atoms with Crippen molar-refractivity contribution in [2.75, 3.05) is 6.54 Å². The zero-order valence-corrected chi connectivity index (χ0v) is 11.1. The Morgan fingerprint density at radius 1 is 1.56 bits per heavy atom. The van der Waals surface area contributed by atoms with E-state index in [9.17, 15) is 9.90 Å². The maximum Gasteiger partial charge on any atom is 0.268 e. The lowest BCUT2D eigenvalue weighted by molar-refractivity contribution is 0.0858. The van der Waals surface area contributed by atoms with Gasteiger partial charge in [-0.05, 0) is 37.3 Å². The minimum atomic E-state index is -0.485. The summed E-state index contributed by atoms with van der Waals surface area (Å²) in [7, 11) is 0. The van der Waals surface area contributed by atoms with Gasteiger partial charge in [-0.3, -0.25) is 4.79 Å². The Bertz CT molecular complexity index is 408. The fourth-order valence-corrected chi connectivity index (χ4v) is 2.09. The van der Waals surface area contributed by atoms with Gasteiger partial charge in [-0.2, -0.15) is 0 Å². The molecule has 0 aromatic carbocycles. The Kier molecular flexibility index (Phi) is 4.07. The number of aliphatic hydroxyl groups excluding tert-OH is 1. The maximum atomic E-state index is 12.1. The van der Waals surface area contributed by atoms with E-state index < -0.39 is 6.10 Å². The molecule has 4 heteroatoms. The highest BCUT2D eigenvalue weighted by Crippen LogP contribution is 2.32. The van der Waals surface area contributed by atoms with Crippen LogP contribution in [0.1, 0.15) is 49.6 Å². The van der Waals surface area contributed by atoms with Crippen LogP contribution < -0.4 is 5.32 Å². The molecule has 1 aliphatic carbocycles. The van der Waals surface area contributed by atoms with Crippen molar-refractivity contribution in [3.05, 3.63) is 24.0 Å². The minimum absolute atomic E-state index is 0.0911. The standard InChI is InChI=1S/C14H22N2O2/c1-10(2)13(17)9-15-14(18)12-7-4-8-16(12)11-5-3-6-11/h4,7-8,10-11,13,17H,3,5-6,9H2,1-2H3,(H,15,18). The summed E-state index contributed by atoms with van der Waals surface area (Å²) in [6.07, 6.45) is 5.04. The summed E-state index contributed by atoms with van der Waals surface area (Å²) in [5.74, 6) is 0.0651. The summed E-state index contributed by atoms with van der Waals surface area (Å²) in [4.78, 5) is 12.1. The molecular weight excluding hydrogens is 228 g/mol. The van der Waals surface area contributed by atoms with Crippen molar-refractivity contribution in [3.63, 3.8) is 0 Å². The lowest BCUT2D eigenvalue weighted by Crippen LogP contribution is -2.36. The van der Waals surface area contributed by atoms with E-state index in [-0.39, 0.29) is 11.8 Å². The van der Waals surface area contributed by atoms with Gasteiger partial charge < -0.3 is 15.0 Å². The van der Waals surface area contributed by atoms with E-state index in [2.05, 4.69) is 9.88 Å². The number of aliphatic hydroxyl groups is 1. The number of rotatable bonds is 5. The topological polar surface area (TPSA) is 54.3 Å². The summed E-state index contributed by atoms with van der Waals surface area (Å²) in [5.41, 5.74) is 0.704. The van der Waals surface area contributed by atoms with Crippen LogP contribution in [0.5, 0.6) is 0 Å². The first kappa shape index (κ1) is 13.1. The Morgan fingerprint density at radius 3 is 2.83 bits per heavy atom. The van der Waals surface area contributed by atoms with Crippen molar-refractivity contribution in [1.82, 2.24) is 9.88 Å². The fraction of sp³-hybridized carbons (Fsp3) is 0.643. The lowest BCUT2D eigenvalue weighted by Gasteiger charge is -2.28. The minimum Gasteiger partial charge on any atom is -0.391 e. The molecular formula is C14H22N2O2. The largest absolute Gasteiger partial charge is 0.391 e. The number of nitrogens with zero attached hydrogens (tertiary/aromatic N) is 1. The normalized spacial score (nSPS) is 17.6. The lowest BCUT2D eigenvalue weighted by atomic mass is 9.93. The van der Waals surface area contributed by atoms with Gasteiger partial charge in [0, 0.05) is 18.8 Å². The molecule has 1 saturated carbocycles. The first-order valence-corrected chi connectivity index (χ1v) is 6.72. The predicted octanol–water partition coefficient (Wildman–Crippen LogP) is 1.96. The van der Waals surface area contributed by atoms with E-state index in [1.807, 2.05) is 32.2 Å². The molecule has 100 valence electrons. The Hall–Kier alpha value is -1.29. The van der Waals surface area contributed by atoms with E-state index in [0.717, 1.165) is 12.8 Å². The van der Waals surface area contributed by atoms with Crippen molar-refractivity contribution in [2.45, 2.75) is 45.3 Å². The summed E-state index contributed by atoms with van der Waals surface area (Å²) < 4.78 is 2.06.